The lowest BCUT2D eigenvalue weighted by Crippen LogP contribution is -2.23. The first kappa shape index (κ1) is 18.3. The Bertz CT molecular complexity index is 558. The molecule has 0 N–H and O–H groups in total. The summed E-state index contributed by atoms with van der Waals surface area (Å²) in [4.78, 5) is 14.5. The number of nitrogens with zero attached hydrogens (tertiary/aromatic N) is 1. The summed E-state index contributed by atoms with van der Waals surface area (Å²) in [5, 5.41) is 0. The van der Waals surface area contributed by atoms with Crippen LogP contribution in [-0.4, -0.2) is 24.4 Å². The average molecular weight is 352 g/mol. The topological polar surface area (TPSA) is 48.4 Å². The quantitative estimate of drug-likeness (QED) is 0.473. The number of alkyl halides is 7. The maximum Gasteiger partial charge on any atom is 0.573 e. The Labute approximate surface area is 125 Å². The van der Waals surface area contributed by atoms with Crippen LogP contribution in [0.5, 0.6) is 5.75 Å². The van der Waals surface area contributed by atoms with Crippen LogP contribution in [0.2, 0.25) is 0 Å². The number of hydrogen-bond donors (Lipinski definition) is 0. The molecule has 0 spiro atoms. The zero-order valence-electron chi connectivity index (χ0n) is 10.8. The standard InChI is InChI=1S/C11H8ClF6NO3/c1-21-8(20)2-7-5(3-12)9(22-11(16,17)18)6(4-19-7)10(13,14)15/h4H,2-3H2,1H3. The monoisotopic (exact) mass is 351 g/mol. The van der Waals surface area contributed by atoms with E-state index in [4.69, 9.17) is 11.6 Å². The lowest BCUT2D eigenvalue weighted by atomic mass is 10.1. The van der Waals surface area contributed by atoms with E-state index in [1.807, 2.05) is 0 Å². The molecule has 0 saturated heterocycles. The fourth-order valence-electron chi connectivity index (χ4n) is 1.51. The van der Waals surface area contributed by atoms with Crippen molar-refractivity contribution < 1.29 is 40.6 Å². The molecule has 0 aliphatic carbocycles. The normalized spacial score (nSPS) is 12.2. The van der Waals surface area contributed by atoms with Crippen molar-refractivity contribution in [2.45, 2.75) is 24.8 Å². The van der Waals surface area contributed by atoms with Crippen molar-refractivity contribution in [3.8, 4) is 5.75 Å². The van der Waals surface area contributed by atoms with E-state index in [0.717, 1.165) is 7.11 Å². The number of halogens is 7. The Kier molecular flexibility index (Phi) is 5.49. The maximum atomic E-state index is 12.8. The summed E-state index contributed by atoms with van der Waals surface area (Å²) in [6.45, 7) is 0. The van der Waals surface area contributed by atoms with E-state index >= 15 is 0 Å². The molecule has 0 radical (unpaired) electrons. The number of rotatable bonds is 4. The Morgan fingerprint density at radius 3 is 2.27 bits per heavy atom. The van der Waals surface area contributed by atoms with Crippen LogP contribution in [0.4, 0.5) is 26.3 Å². The summed E-state index contributed by atoms with van der Waals surface area (Å²) in [5.41, 5.74) is -2.82. The Hall–Kier alpha value is -1.71. The van der Waals surface area contributed by atoms with Crippen LogP contribution in [0.1, 0.15) is 16.8 Å². The van der Waals surface area contributed by atoms with Crippen molar-refractivity contribution in [2.24, 2.45) is 0 Å². The molecule has 0 aliphatic heterocycles. The highest BCUT2D eigenvalue weighted by molar-refractivity contribution is 6.17. The summed E-state index contributed by atoms with van der Waals surface area (Å²) in [6.07, 6.45) is -11.0. The first-order chi connectivity index (χ1) is 9.99. The summed E-state index contributed by atoms with van der Waals surface area (Å²) >= 11 is 5.41. The number of hydrogen-bond acceptors (Lipinski definition) is 4. The van der Waals surface area contributed by atoms with Crippen molar-refractivity contribution in [1.82, 2.24) is 4.98 Å². The predicted octanol–water partition coefficient (Wildman–Crippen LogP) is 3.45. The molecule has 1 heterocycles. The van der Waals surface area contributed by atoms with Gasteiger partial charge in [-0.05, 0) is 0 Å². The molecule has 0 bridgehead atoms. The molecule has 0 saturated carbocycles. The third-order valence-corrected chi connectivity index (χ3v) is 2.68. The lowest BCUT2D eigenvalue weighted by molar-refractivity contribution is -0.276. The van der Waals surface area contributed by atoms with Crippen molar-refractivity contribution in [3.63, 3.8) is 0 Å². The lowest BCUT2D eigenvalue weighted by Gasteiger charge is -2.19. The number of esters is 1. The van der Waals surface area contributed by atoms with Gasteiger partial charge in [0.25, 0.3) is 0 Å². The molecular weight excluding hydrogens is 344 g/mol. The third-order valence-electron chi connectivity index (χ3n) is 2.41. The van der Waals surface area contributed by atoms with Crippen LogP contribution in [-0.2, 0) is 28.0 Å². The van der Waals surface area contributed by atoms with Gasteiger partial charge in [-0.2, -0.15) is 13.2 Å². The van der Waals surface area contributed by atoms with Crippen LogP contribution < -0.4 is 4.74 Å². The van der Waals surface area contributed by atoms with Gasteiger partial charge in [-0.3, -0.25) is 9.78 Å². The number of carbonyl (C=O) groups excluding carboxylic acids is 1. The van der Waals surface area contributed by atoms with Crippen LogP contribution in [0, 0.1) is 0 Å². The SMILES string of the molecule is COC(=O)Cc1ncc(C(F)(F)F)c(OC(F)(F)F)c1CCl. The molecular formula is C11H8ClF6NO3. The van der Waals surface area contributed by atoms with Gasteiger partial charge >= 0.3 is 18.5 Å². The number of pyridine rings is 1. The minimum Gasteiger partial charge on any atom is -0.469 e. The molecule has 0 aliphatic rings. The molecule has 0 unspecified atom stereocenters. The maximum absolute atomic E-state index is 12.8. The number of carbonyl (C=O) groups is 1. The zero-order chi connectivity index (χ0) is 17.1. The molecule has 11 heteroatoms. The largest absolute Gasteiger partial charge is 0.573 e. The van der Waals surface area contributed by atoms with E-state index in [1.165, 1.54) is 0 Å². The van der Waals surface area contributed by atoms with Gasteiger partial charge in [0, 0.05) is 11.8 Å². The van der Waals surface area contributed by atoms with E-state index in [9.17, 15) is 31.1 Å². The first-order valence-electron chi connectivity index (χ1n) is 5.46. The minimum absolute atomic E-state index is 0.148. The first-order valence-corrected chi connectivity index (χ1v) is 5.99. The molecule has 1 aromatic heterocycles. The van der Waals surface area contributed by atoms with Gasteiger partial charge in [0.05, 0.1) is 25.1 Å². The highest BCUT2D eigenvalue weighted by atomic mass is 35.5. The molecule has 0 fully saturated rings. The van der Waals surface area contributed by atoms with Gasteiger partial charge in [-0.25, -0.2) is 0 Å². The van der Waals surface area contributed by atoms with Gasteiger partial charge in [0.1, 0.15) is 11.3 Å². The molecule has 0 atom stereocenters. The second kappa shape index (κ2) is 6.59. The van der Waals surface area contributed by atoms with Crippen molar-refractivity contribution >= 4 is 17.6 Å². The van der Waals surface area contributed by atoms with E-state index in [1.54, 1.807) is 0 Å². The van der Waals surface area contributed by atoms with Crippen molar-refractivity contribution in [1.29, 1.82) is 0 Å². The Balaban J connectivity index is 3.48. The third kappa shape index (κ3) is 4.65. The van der Waals surface area contributed by atoms with Crippen molar-refractivity contribution in [3.05, 3.63) is 23.0 Å². The summed E-state index contributed by atoms with van der Waals surface area (Å²) in [6, 6.07) is 0. The fourth-order valence-corrected chi connectivity index (χ4v) is 1.78. The average Bonchev–Trinajstić information content (AvgIpc) is 2.35. The van der Waals surface area contributed by atoms with Crippen LogP contribution in [0.3, 0.4) is 0 Å². The van der Waals surface area contributed by atoms with Gasteiger partial charge in [-0.15, -0.1) is 24.8 Å². The van der Waals surface area contributed by atoms with Gasteiger partial charge in [0.15, 0.2) is 0 Å². The van der Waals surface area contributed by atoms with Crippen LogP contribution in [0.15, 0.2) is 6.20 Å². The van der Waals surface area contributed by atoms with Gasteiger partial charge in [-0.1, -0.05) is 0 Å². The van der Waals surface area contributed by atoms with E-state index < -0.39 is 53.4 Å². The van der Waals surface area contributed by atoms with E-state index in [-0.39, 0.29) is 6.20 Å². The van der Waals surface area contributed by atoms with Crippen LogP contribution >= 0.6 is 11.6 Å². The smallest absolute Gasteiger partial charge is 0.469 e. The number of ether oxygens (including phenoxy) is 2. The summed E-state index contributed by atoms with van der Waals surface area (Å²) in [5.74, 6) is -3.20. The summed E-state index contributed by atoms with van der Waals surface area (Å²) < 4.78 is 83.1. The molecule has 0 amide bonds. The molecule has 124 valence electrons. The minimum atomic E-state index is -5.37. The molecule has 1 aromatic rings. The Morgan fingerprint density at radius 2 is 1.86 bits per heavy atom. The number of aromatic nitrogens is 1. The summed E-state index contributed by atoms with van der Waals surface area (Å²) in [7, 11) is 1.000. The second-order valence-electron chi connectivity index (χ2n) is 3.86. The second-order valence-corrected chi connectivity index (χ2v) is 4.13. The number of methoxy groups -OCH3 is 1. The fraction of sp³-hybridized carbons (Fsp3) is 0.455. The van der Waals surface area contributed by atoms with Crippen molar-refractivity contribution in [2.75, 3.05) is 7.11 Å². The molecule has 1 rings (SSSR count). The highest BCUT2D eigenvalue weighted by Crippen LogP contribution is 2.41. The van der Waals surface area contributed by atoms with E-state index in [0.29, 0.717) is 0 Å². The zero-order valence-corrected chi connectivity index (χ0v) is 11.6. The molecule has 4 nitrogen and oxygen atoms in total. The molecule has 22 heavy (non-hydrogen) atoms. The van der Waals surface area contributed by atoms with Gasteiger partial charge < -0.3 is 9.47 Å². The molecule has 0 aromatic carbocycles. The van der Waals surface area contributed by atoms with E-state index in [2.05, 4.69) is 14.5 Å². The van der Waals surface area contributed by atoms with Gasteiger partial charge in [0.2, 0.25) is 0 Å². The Morgan fingerprint density at radius 1 is 1.27 bits per heavy atom. The van der Waals surface area contributed by atoms with Crippen LogP contribution in [0.25, 0.3) is 0 Å². The predicted molar refractivity (Wildman–Crippen MR) is 61.2 cm³/mol. The highest BCUT2D eigenvalue weighted by Gasteiger charge is 2.41.